The fourth-order valence-electron chi connectivity index (χ4n) is 3.09. The van der Waals surface area contributed by atoms with Gasteiger partial charge < -0.3 is 14.8 Å². The van der Waals surface area contributed by atoms with Crippen LogP contribution in [0.3, 0.4) is 0 Å². The van der Waals surface area contributed by atoms with Crippen molar-refractivity contribution in [3.8, 4) is 5.75 Å². The van der Waals surface area contributed by atoms with Gasteiger partial charge in [-0.05, 0) is 48.6 Å². The minimum absolute atomic E-state index is 0.187. The number of pyridine rings is 1. The molecule has 2 heterocycles. The number of anilines is 1. The van der Waals surface area contributed by atoms with Crippen molar-refractivity contribution in [3.05, 3.63) is 66.5 Å². The van der Waals surface area contributed by atoms with Gasteiger partial charge in [-0.2, -0.15) is 0 Å². The van der Waals surface area contributed by atoms with E-state index in [1.54, 1.807) is 6.20 Å². The third-order valence-electron chi connectivity index (χ3n) is 4.46. The topological polar surface area (TPSA) is 60.5 Å². The monoisotopic (exact) mass is 348 g/mol. The van der Waals surface area contributed by atoms with Crippen LogP contribution >= 0.6 is 0 Å². The van der Waals surface area contributed by atoms with Gasteiger partial charge in [-0.25, -0.2) is 0 Å². The molecule has 26 heavy (non-hydrogen) atoms. The van der Waals surface area contributed by atoms with Crippen molar-refractivity contribution in [3.63, 3.8) is 0 Å². The van der Waals surface area contributed by atoms with E-state index in [0.29, 0.717) is 18.0 Å². The summed E-state index contributed by atoms with van der Waals surface area (Å²) < 4.78 is 11.3. The van der Waals surface area contributed by atoms with Crippen LogP contribution in [0, 0.1) is 0 Å². The molecule has 0 aliphatic carbocycles. The molecular formula is C21H20N2O3. The first-order valence-corrected chi connectivity index (χ1v) is 8.79. The second-order valence-electron chi connectivity index (χ2n) is 6.31. The lowest BCUT2D eigenvalue weighted by molar-refractivity contribution is 0.0679. The summed E-state index contributed by atoms with van der Waals surface area (Å²) >= 11 is 0. The maximum atomic E-state index is 12.6. The molecule has 5 heteroatoms. The maximum Gasteiger partial charge on any atom is 0.274 e. The molecule has 3 aromatic rings. The Kier molecular flexibility index (Phi) is 4.80. The fourth-order valence-corrected chi connectivity index (χ4v) is 3.09. The van der Waals surface area contributed by atoms with Gasteiger partial charge in [0.1, 0.15) is 18.1 Å². The van der Waals surface area contributed by atoms with Gasteiger partial charge in [0.25, 0.3) is 5.91 Å². The van der Waals surface area contributed by atoms with Crippen molar-refractivity contribution >= 4 is 22.4 Å². The Bertz CT molecular complexity index is 897. The smallest absolute Gasteiger partial charge is 0.274 e. The summed E-state index contributed by atoms with van der Waals surface area (Å²) in [6.07, 6.45) is 3.99. The van der Waals surface area contributed by atoms with E-state index in [1.807, 2.05) is 54.6 Å². The van der Waals surface area contributed by atoms with Crippen molar-refractivity contribution in [2.24, 2.45) is 0 Å². The van der Waals surface area contributed by atoms with Crippen LogP contribution in [0.25, 0.3) is 10.8 Å². The molecule has 1 saturated heterocycles. The quantitative estimate of drug-likeness (QED) is 0.756. The van der Waals surface area contributed by atoms with Gasteiger partial charge in [-0.1, -0.05) is 24.3 Å². The number of carbonyl (C=O) groups excluding carboxylic acids is 1. The number of benzene rings is 2. The number of nitrogens with zero attached hydrogens (tertiary/aromatic N) is 1. The zero-order valence-corrected chi connectivity index (χ0v) is 14.4. The zero-order chi connectivity index (χ0) is 17.8. The van der Waals surface area contributed by atoms with Crippen LogP contribution in [0.1, 0.15) is 23.3 Å². The van der Waals surface area contributed by atoms with E-state index in [2.05, 4.69) is 10.3 Å². The molecule has 1 aromatic heterocycles. The molecule has 1 amide bonds. The molecule has 2 aromatic carbocycles. The molecule has 0 bridgehead atoms. The molecule has 132 valence electrons. The number of ether oxygens (including phenoxy) is 2. The van der Waals surface area contributed by atoms with E-state index in [-0.39, 0.29) is 12.0 Å². The van der Waals surface area contributed by atoms with E-state index in [9.17, 15) is 4.79 Å². The minimum atomic E-state index is -0.227. The van der Waals surface area contributed by atoms with Crippen molar-refractivity contribution < 1.29 is 14.3 Å². The van der Waals surface area contributed by atoms with Crippen LogP contribution in [0.4, 0.5) is 5.69 Å². The Balaban J connectivity index is 1.42. The maximum absolute atomic E-state index is 12.6. The second kappa shape index (κ2) is 7.54. The molecule has 0 spiro atoms. The highest BCUT2D eigenvalue weighted by molar-refractivity contribution is 6.11. The standard InChI is InChI=1S/C21H20N2O3/c24-21(20-19-6-2-1-4-15(19)11-12-22-20)23-16-7-9-17(10-8-16)26-14-18-5-3-13-25-18/h1-2,4,6-12,18H,3,5,13-14H2,(H,23,24). The van der Waals surface area contributed by atoms with Crippen molar-refractivity contribution in [2.75, 3.05) is 18.5 Å². The highest BCUT2D eigenvalue weighted by atomic mass is 16.5. The molecule has 4 rings (SSSR count). The van der Waals surface area contributed by atoms with Gasteiger partial charge >= 0.3 is 0 Å². The van der Waals surface area contributed by atoms with Gasteiger partial charge in [0, 0.05) is 23.9 Å². The molecule has 5 nitrogen and oxygen atoms in total. The molecule has 0 radical (unpaired) electrons. The number of carbonyl (C=O) groups is 1. The van der Waals surface area contributed by atoms with Crippen LogP contribution in [0.5, 0.6) is 5.75 Å². The van der Waals surface area contributed by atoms with E-state index in [0.717, 1.165) is 36.0 Å². The Morgan fingerprint density at radius 3 is 2.81 bits per heavy atom. The number of fused-ring (bicyclic) bond motifs is 1. The Labute approximate surface area is 152 Å². The predicted octanol–water partition coefficient (Wildman–Crippen LogP) is 4.04. The second-order valence-corrected chi connectivity index (χ2v) is 6.31. The summed E-state index contributed by atoms with van der Waals surface area (Å²) in [6.45, 7) is 1.38. The molecule has 1 N–H and O–H groups in total. The lowest BCUT2D eigenvalue weighted by Gasteiger charge is -2.12. The van der Waals surface area contributed by atoms with Crippen molar-refractivity contribution in [1.29, 1.82) is 0 Å². The van der Waals surface area contributed by atoms with Crippen molar-refractivity contribution in [2.45, 2.75) is 18.9 Å². The van der Waals surface area contributed by atoms with Crippen LogP contribution < -0.4 is 10.1 Å². The number of aromatic nitrogens is 1. The lowest BCUT2D eigenvalue weighted by Crippen LogP contribution is -2.16. The fraction of sp³-hybridized carbons (Fsp3) is 0.238. The van der Waals surface area contributed by atoms with Gasteiger partial charge in [0.2, 0.25) is 0 Å². The van der Waals surface area contributed by atoms with E-state index >= 15 is 0 Å². The van der Waals surface area contributed by atoms with E-state index in [4.69, 9.17) is 9.47 Å². The van der Waals surface area contributed by atoms with E-state index in [1.165, 1.54) is 0 Å². The number of nitrogens with one attached hydrogen (secondary N) is 1. The van der Waals surface area contributed by atoms with Crippen LogP contribution in [0.15, 0.2) is 60.8 Å². The highest BCUT2D eigenvalue weighted by Crippen LogP contribution is 2.20. The molecule has 1 aliphatic heterocycles. The Morgan fingerprint density at radius 1 is 1.15 bits per heavy atom. The molecule has 1 unspecified atom stereocenters. The van der Waals surface area contributed by atoms with Gasteiger partial charge in [-0.3, -0.25) is 9.78 Å². The molecule has 1 aliphatic rings. The summed E-state index contributed by atoms with van der Waals surface area (Å²) in [4.78, 5) is 16.8. The molecule has 1 atom stereocenters. The molecule has 1 fully saturated rings. The first-order chi connectivity index (χ1) is 12.8. The normalized spacial score (nSPS) is 16.5. The Hall–Kier alpha value is -2.92. The number of amides is 1. The summed E-state index contributed by atoms with van der Waals surface area (Å²) in [6, 6.07) is 17.0. The summed E-state index contributed by atoms with van der Waals surface area (Å²) in [5.41, 5.74) is 1.12. The zero-order valence-electron chi connectivity index (χ0n) is 14.4. The highest BCUT2D eigenvalue weighted by Gasteiger charge is 2.16. The molecular weight excluding hydrogens is 328 g/mol. The third kappa shape index (κ3) is 3.68. The Morgan fingerprint density at radius 2 is 2.00 bits per heavy atom. The van der Waals surface area contributed by atoms with Crippen LogP contribution in [-0.4, -0.2) is 30.2 Å². The van der Waals surface area contributed by atoms with Crippen molar-refractivity contribution in [1.82, 2.24) is 4.98 Å². The predicted molar refractivity (Wildman–Crippen MR) is 101 cm³/mol. The number of hydrogen-bond acceptors (Lipinski definition) is 4. The summed E-state index contributed by atoms with van der Waals surface area (Å²) in [5, 5.41) is 4.72. The minimum Gasteiger partial charge on any atom is -0.491 e. The first-order valence-electron chi connectivity index (χ1n) is 8.79. The largest absolute Gasteiger partial charge is 0.491 e. The van der Waals surface area contributed by atoms with Crippen LogP contribution in [0.2, 0.25) is 0 Å². The SMILES string of the molecule is O=C(Nc1ccc(OCC2CCCO2)cc1)c1nccc2ccccc12. The first kappa shape index (κ1) is 16.5. The molecule has 0 saturated carbocycles. The van der Waals surface area contributed by atoms with Gasteiger partial charge in [0.15, 0.2) is 0 Å². The average Bonchev–Trinajstić information content (AvgIpc) is 3.20. The van der Waals surface area contributed by atoms with E-state index < -0.39 is 0 Å². The average molecular weight is 348 g/mol. The number of rotatable bonds is 5. The summed E-state index contributed by atoms with van der Waals surface area (Å²) in [7, 11) is 0. The number of hydrogen-bond donors (Lipinski definition) is 1. The van der Waals surface area contributed by atoms with Gasteiger partial charge in [0.05, 0.1) is 6.10 Å². The third-order valence-corrected chi connectivity index (χ3v) is 4.46. The van der Waals surface area contributed by atoms with Gasteiger partial charge in [-0.15, -0.1) is 0 Å². The summed E-state index contributed by atoms with van der Waals surface area (Å²) in [5.74, 6) is 0.539. The lowest BCUT2D eigenvalue weighted by atomic mass is 10.1. The van der Waals surface area contributed by atoms with Crippen LogP contribution in [-0.2, 0) is 4.74 Å².